The third kappa shape index (κ3) is 3.60. The minimum atomic E-state index is -0.193. The molecule has 0 saturated carbocycles. The number of hydrogen-bond acceptors (Lipinski definition) is 4. The summed E-state index contributed by atoms with van der Waals surface area (Å²) in [5.74, 6) is 0.376. The summed E-state index contributed by atoms with van der Waals surface area (Å²) in [6, 6.07) is 17.2. The second kappa shape index (κ2) is 7.51. The molecular formula is C18H18N2O3S. The molecule has 2 aromatic rings. The number of hydrogen-bond donors (Lipinski definition) is 1. The maximum atomic E-state index is 12.3. The zero-order chi connectivity index (χ0) is 16.9. The van der Waals surface area contributed by atoms with Crippen LogP contribution in [-0.4, -0.2) is 31.3 Å². The van der Waals surface area contributed by atoms with Gasteiger partial charge in [-0.3, -0.25) is 14.5 Å². The van der Waals surface area contributed by atoms with Gasteiger partial charge in [-0.1, -0.05) is 30.3 Å². The SMILES string of the molecule is COCC(=O)Nc1ccc(C2SCC(=O)N2c2ccccc2)cc1. The minimum Gasteiger partial charge on any atom is -0.375 e. The lowest BCUT2D eigenvalue weighted by Crippen LogP contribution is -2.27. The lowest BCUT2D eigenvalue weighted by molar-refractivity contribution is -0.119. The van der Waals surface area contributed by atoms with Crippen LogP contribution in [0.3, 0.4) is 0 Å². The molecule has 1 heterocycles. The van der Waals surface area contributed by atoms with Gasteiger partial charge in [0.2, 0.25) is 11.8 Å². The molecule has 5 nitrogen and oxygen atoms in total. The van der Waals surface area contributed by atoms with E-state index in [1.807, 2.05) is 59.5 Å². The Hall–Kier alpha value is -2.31. The molecule has 1 saturated heterocycles. The number of carbonyl (C=O) groups is 2. The third-order valence-corrected chi connectivity index (χ3v) is 4.87. The lowest BCUT2D eigenvalue weighted by atomic mass is 10.1. The number of ether oxygens (including phenoxy) is 1. The Morgan fingerprint density at radius 2 is 1.92 bits per heavy atom. The molecule has 0 aliphatic carbocycles. The molecule has 1 N–H and O–H groups in total. The molecular weight excluding hydrogens is 324 g/mol. The number of nitrogens with one attached hydrogen (secondary N) is 1. The van der Waals surface area contributed by atoms with Gasteiger partial charge < -0.3 is 10.1 Å². The van der Waals surface area contributed by atoms with Crippen LogP contribution in [0.5, 0.6) is 0 Å². The Kier molecular flexibility index (Phi) is 5.17. The molecule has 0 radical (unpaired) electrons. The predicted octanol–water partition coefficient (Wildman–Crippen LogP) is 3.05. The van der Waals surface area contributed by atoms with E-state index < -0.39 is 0 Å². The van der Waals surface area contributed by atoms with E-state index >= 15 is 0 Å². The van der Waals surface area contributed by atoms with Crippen LogP contribution in [0.25, 0.3) is 0 Å². The van der Waals surface area contributed by atoms with Crippen LogP contribution in [-0.2, 0) is 14.3 Å². The van der Waals surface area contributed by atoms with Gasteiger partial charge in [0.05, 0.1) is 5.75 Å². The topological polar surface area (TPSA) is 58.6 Å². The first-order valence-corrected chi connectivity index (χ1v) is 8.61. The number of benzene rings is 2. The molecule has 6 heteroatoms. The number of para-hydroxylation sites is 1. The fraction of sp³-hybridized carbons (Fsp3) is 0.222. The Balaban J connectivity index is 1.78. The Bertz CT molecular complexity index is 719. The minimum absolute atomic E-state index is 0.0243. The summed E-state index contributed by atoms with van der Waals surface area (Å²) in [4.78, 5) is 25.6. The Morgan fingerprint density at radius 1 is 1.21 bits per heavy atom. The number of amides is 2. The highest BCUT2D eigenvalue weighted by Gasteiger charge is 2.33. The van der Waals surface area contributed by atoms with Gasteiger partial charge in [0.1, 0.15) is 12.0 Å². The maximum Gasteiger partial charge on any atom is 0.250 e. The monoisotopic (exact) mass is 342 g/mol. The van der Waals surface area contributed by atoms with E-state index in [1.54, 1.807) is 11.8 Å². The van der Waals surface area contributed by atoms with Gasteiger partial charge in [0.15, 0.2) is 0 Å². The van der Waals surface area contributed by atoms with Crippen molar-refractivity contribution in [3.63, 3.8) is 0 Å². The molecule has 124 valence electrons. The van der Waals surface area contributed by atoms with Gasteiger partial charge in [0, 0.05) is 18.5 Å². The highest BCUT2D eigenvalue weighted by molar-refractivity contribution is 8.00. The fourth-order valence-corrected chi connectivity index (χ4v) is 3.78. The smallest absolute Gasteiger partial charge is 0.250 e. The van der Waals surface area contributed by atoms with Crippen LogP contribution in [0.15, 0.2) is 54.6 Å². The van der Waals surface area contributed by atoms with Crippen LogP contribution in [0.2, 0.25) is 0 Å². The van der Waals surface area contributed by atoms with Crippen molar-refractivity contribution in [2.24, 2.45) is 0 Å². The van der Waals surface area contributed by atoms with Gasteiger partial charge in [-0.15, -0.1) is 11.8 Å². The zero-order valence-electron chi connectivity index (χ0n) is 13.3. The van der Waals surface area contributed by atoms with E-state index in [9.17, 15) is 9.59 Å². The quantitative estimate of drug-likeness (QED) is 0.907. The molecule has 1 aliphatic rings. The molecule has 1 atom stereocenters. The van der Waals surface area contributed by atoms with Crippen LogP contribution >= 0.6 is 11.8 Å². The average Bonchev–Trinajstić information content (AvgIpc) is 2.98. The molecule has 0 spiro atoms. The van der Waals surface area contributed by atoms with E-state index in [1.165, 1.54) is 7.11 Å². The standard InChI is InChI=1S/C18H18N2O3S/c1-23-11-16(21)19-14-9-7-13(8-10-14)18-20(17(22)12-24-18)15-5-3-2-4-6-15/h2-10,18H,11-12H2,1H3,(H,19,21). The van der Waals surface area contributed by atoms with Crippen molar-refractivity contribution in [2.75, 3.05) is 29.7 Å². The van der Waals surface area contributed by atoms with Gasteiger partial charge in [-0.05, 0) is 29.8 Å². The second-order valence-corrected chi connectivity index (χ2v) is 6.43. The van der Waals surface area contributed by atoms with E-state index in [0.717, 1.165) is 11.3 Å². The van der Waals surface area contributed by atoms with Crippen LogP contribution in [0.1, 0.15) is 10.9 Å². The molecule has 24 heavy (non-hydrogen) atoms. The number of nitrogens with zero attached hydrogens (tertiary/aromatic N) is 1. The maximum absolute atomic E-state index is 12.3. The van der Waals surface area contributed by atoms with Crippen molar-refractivity contribution in [2.45, 2.75) is 5.37 Å². The molecule has 0 bridgehead atoms. The molecule has 0 aromatic heterocycles. The number of anilines is 2. The first-order valence-electron chi connectivity index (χ1n) is 7.56. The van der Waals surface area contributed by atoms with Crippen molar-refractivity contribution in [3.8, 4) is 0 Å². The van der Waals surface area contributed by atoms with E-state index in [4.69, 9.17) is 4.74 Å². The summed E-state index contributed by atoms with van der Waals surface area (Å²) < 4.78 is 4.80. The lowest BCUT2D eigenvalue weighted by Gasteiger charge is -2.24. The molecule has 3 rings (SSSR count). The van der Waals surface area contributed by atoms with Crippen LogP contribution in [0.4, 0.5) is 11.4 Å². The molecule has 2 aromatic carbocycles. The number of thioether (sulfide) groups is 1. The Morgan fingerprint density at radius 3 is 2.58 bits per heavy atom. The van der Waals surface area contributed by atoms with E-state index in [-0.39, 0.29) is 23.8 Å². The molecule has 1 fully saturated rings. The van der Waals surface area contributed by atoms with Crippen molar-refractivity contribution in [1.82, 2.24) is 0 Å². The third-order valence-electron chi connectivity index (χ3n) is 3.66. The van der Waals surface area contributed by atoms with Gasteiger partial charge in [-0.25, -0.2) is 0 Å². The van der Waals surface area contributed by atoms with Crippen LogP contribution < -0.4 is 10.2 Å². The number of rotatable bonds is 5. The van der Waals surface area contributed by atoms with Crippen molar-refractivity contribution < 1.29 is 14.3 Å². The second-order valence-electron chi connectivity index (χ2n) is 5.37. The molecule has 2 amide bonds. The number of carbonyl (C=O) groups excluding carboxylic acids is 2. The summed E-state index contributed by atoms with van der Waals surface area (Å²) >= 11 is 1.60. The first kappa shape index (κ1) is 16.5. The van der Waals surface area contributed by atoms with Crippen molar-refractivity contribution in [1.29, 1.82) is 0 Å². The summed E-state index contributed by atoms with van der Waals surface area (Å²) in [6.45, 7) is 0.0243. The summed E-state index contributed by atoms with van der Waals surface area (Å²) in [5.41, 5.74) is 2.64. The van der Waals surface area contributed by atoms with Gasteiger partial charge >= 0.3 is 0 Å². The average molecular weight is 342 g/mol. The highest BCUT2D eigenvalue weighted by atomic mass is 32.2. The van der Waals surface area contributed by atoms with E-state index in [0.29, 0.717) is 11.4 Å². The number of methoxy groups -OCH3 is 1. The fourth-order valence-electron chi connectivity index (χ4n) is 2.60. The Labute approximate surface area is 145 Å². The van der Waals surface area contributed by atoms with Crippen molar-refractivity contribution >= 4 is 35.0 Å². The summed E-state index contributed by atoms with van der Waals surface area (Å²) in [7, 11) is 1.48. The summed E-state index contributed by atoms with van der Waals surface area (Å²) in [5, 5.41) is 2.71. The normalized spacial score (nSPS) is 17.1. The van der Waals surface area contributed by atoms with Crippen LogP contribution in [0, 0.1) is 0 Å². The predicted molar refractivity (Wildman–Crippen MR) is 96.1 cm³/mol. The molecule has 1 unspecified atom stereocenters. The van der Waals surface area contributed by atoms with Gasteiger partial charge in [0.25, 0.3) is 0 Å². The summed E-state index contributed by atoms with van der Waals surface area (Å²) in [6.07, 6.45) is 0. The largest absolute Gasteiger partial charge is 0.375 e. The molecule has 1 aliphatic heterocycles. The van der Waals surface area contributed by atoms with Crippen molar-refractivity contribution in [3.05, 3.63) is 60.2 Å². The van der Waals surface area contributed by atoms with E-state index in [2.05, 4.69) is 5.32 Å². The zero-order valence-corrected chi connectivity index (χ0v) is 14.1. The van der Waals surface area contributed by atoms with Gasteiger partial charge in [-0.2, -0.15) is 0 Å². The highest BCUT2D eigenvalue weighted by Crippen LogP contribution is 2.41. The first-order chi connectivity index (χ1) is 11.7.